The van der Waals surface area contributed by atoms with E-state index in [1.54, 1.807) is 0 Å². The maximum Gasteiger partial charge on any atom is 0.435 e. The summed E-state index contributed by atoms with van der Waals surface area (Å²) in [6.45, 7) is 0.197. The third-order valence-corrected chi connectivity index (χ3v) is 3.46. The minimum absolute atomic E-state index is 0.0127. The molecule has 0 unspecified atom stereocenters. The van der Waals surface area contributed by atoms with Crippen molar-refractivity contribution in [1.29, 1.82) is 0 Å². The molecule has 0 radical (unpaired) electrons. The Morgan fingerprint density at radius 1 is 1.41 bits per heavy atom. The first-order chi connectivity index (χ1) is 10.4. The summed E-state index contributed by atoms with van der Waals surface area (Å²) in [7, 11) is 0. The van der Waals surface area contributed by atoms with Crippen molar-refractivity contribution >= 4 is 11.5 Å². The summed E-state index contributed by atoms with van der Waals surface area (Å²) in [5.74, 6) is 0.0625. The van der Waals surface area contributed by atoms with E-state index in [1.807, 2.05) is 0 Å². The number of halogens is 3. The number of fused-ring (bicyclic) bond motifs is 1. The Morgan fingerprint density at radius 2 is 2.18 bits per heavy atom. The topological polar surface area (TPSA) is 88.0 Å². The molecule has 1 N–H and O–H groups in total. The number of aromatic nitrogens is 3. The highest BCUT2D eigenvalue weighted by Crippen LogP contribution is 2.36. The number of nitrogens with zero attached hydrogens (tertiary/aromatic N) is 4. The molecule has 2 aromatic rings. The molecule has 0 amide bonds. The highest BCUT2D eigenvalue weighted by atomic mass is 19.4. The Morgan fingerprint density at radius 3 is 2.86 bits per heavy atom. The van der Waals surface area contributed by atoms with E-state index < -0.39 is 16.8 Å². The van der Waals surface area contributed by atoms with Crippen molar-refractivity contribution in [1.82, 2.24) is 15.2 Å². The van der Waals surface area contributed by atoms with E-state index in [1.165, 1.54) is 23.2 Å². The van der Waals surface area contributed by atoms with Crippen LogP contribution in [0.3, 0.4) is 0 Å². The van der Waals surface area contributed by atoms with Gasteiger partial charge in [0.05, 0.1) is 4.92 Å². The van der Waals surface area contributed by atoms with Gasteiger partial charge in [-0.25, -0.2) is 4.98 Å². The zero-order valence-electron chi connectivity index (χ0n) is 11.1. The standard InChI is InChI=1S/C12H10F3N5O2/c13-12(14,15)10-7-6-19(5-3-8(7)17-18-10)11-9(20(21)22)2-1-4-16-11/h1-2,4H,3,5-6H2,(H,17,18). The fourth-order valence-electron chi connectivity index (χ4n) is 2.48. The molecule has 0 saturated heterocycles. The normalized spacial score (nSPS) is 14.8. The van der Waals surface area contributed by atoms with E-state index in [0.717, 1.165) is 0 Å². The fourth-order valence-corrected chi connectivity index (χ4v) is 2.48. The third kappa shape index (κ3) is 2.36. The summed E-state index contributed by atoms with van der Waals surface area (Å²) in [5, 5.41) is 16.7. The molecule has 0 fully saturated rings. The average Bonchev–Trinajstić information content (AvgIpc) is 2.90. The van der Waals surface area contributed by atoms with Gasteiger partial charge in [-0.15, -0.1) is 0 Å². The van der Waals surface area contributed by atoms with Crippen molar-refractivity contribution in [2.45, 2.75) is 19.1 Å². The lowest BCUT2D eigenvalue weighted by molar-refractivity contribution is -0.384. The number of alkyl halides is 3. The Balaban J connectivity index is 1.98. The molecule has 0 aliphatic carbocycles. The number of nitro groups is 1. The van der Waals surface area contributed by atoms with Crippen molar-refractivity contribution in [2.24, 2.45) is 0 Å². The highest BCUT2D eigenvalue weighted by molar-refractivity contribution is 5.58. The van der Waals surface area contributed by atoms with Gasteiger partial charge in [0.25, 0.3) is 0 Å². The number of rotatable bonds is 2. The number of hydrogen-bond acceptors (Lipinski definition) is 5. The van der Waals surface area contributed by atoms with Crippen LogP contribution in [-0.2, 0) is 19.1 Å². The lowest BCUT2D eigenvalue weighted by atomic mass is 10.0. The van der Waals surface area contributed by atoms with E-state index in [2.05, 4.69) is 15.2 Å². The van der Waals surface area contributed by atoms with Crippen LogP contribution < -0.4 is 4.90 Å². The molecule has 3 rings (SSSR count). The molecule has 0 aromatic carbocycles. The SMILES string of the molecule is O=[N+]([O-])c1cccnc1N1CCc2[nH]nc(C(F)(F)F)c2C1. The molecule has 1 aliphatic heterocycles. The molecule has 0 saturated carbocycles. The first-order valence-electron chi connectivity index (χ1n) is 6.35. The van der Waals surface area contributed by atoms with Gasteiger partial charge in [0, 0.05) is 43.0 Å². The predicted molar refractivity (Wildman–Crippen MR) is 69.2 cm³/mol. The minimum Gasteiger partial charge on any atom is -0.346 e. The molecule has 7 nitrogen and oxygen atoms in total. The zero-order valence-corrected chi connectivity index (χ0v) is 11.1. The summed E-state index contributed by atoms with van der Waals surface area (Å²) in [6.07, 6.45) is -2.91. The van der Waals surface area contributed by atoms with Gasteiger partial charge in [0.2, 0.25) is 5.82 Å². The number of anilines is 1. The maximum absolute atomic E-state index is 12.9. The van der Waals surface area contributed by atoms with Crippen LogP contribution in [0.1, 0.15) is 17.0 Å². The quantitative estimate of drug-likeness (QED) is 0.679. The molecule has 2 aromatic heterocycles. The van der Waals surface area contributed by atoms with Crippen LogP contribution in [0.15, 0.2) is 18.3 Å². The Bertz CT molecular complexity index is 728. The molecular formula is C12H10F3N5O2. The van der Waals surface area contributed by atoms with E-state index in [9.17, 15) is 23.3 Å². The second-order valence-corrected chi connectivity index (χ2v) is 4.80. The number of aromatic amines is 1. The maximum atomic E-state index is 12.9. The molecule has 0 atom stereocenters. The van der Waals surface area contributed by atoms with Gasteiger partial charge < -0.3 is 4.90 Å². The first kappa shape index (κ1) is 14.3. The van der Waals surface area contributed by atoms with Crippen molar-refractivity contribution in [3.63, 3.8) is 0 Å². The molecule has 22 heavy (non-hydrogen) atoms. The fraction of sp³-hybridized carbons (Fsp3) is 0.333. The summed E-state index contributed by atoms with van der Waals surface area (Å²) in [6, 6.07) is 2.69. The van der Waals surface area contributed by atoms with Crippen molar-refractivity contribution in [2.75, 3.05) is 11.4 Å². The van der Waals surface area contributed by atoms with Gasteiger partial charge in [0.15, 0.2) is 5.69 Å². The van der Waals surface area contributed by atoms with Crippen LogP contribution >= 0.6 is 0 Å². The Hall–Kier alpha value is -2.65. The number of pyridine rings is 1. The largest absolute Gasteiger partial charge is 0.435 e. The van der Waals surface area contributed by atoms with E-state index >= 15 is 0 Å². The van der Waals surface area contributed by atoms with E-state index in [-0.39, 0.29) is 30.0 Å². The summed E-state index contributed by atoms with van der Waals surface area (Å²) in [5.41, 5.74) is -0.797. The molecule has 0 bridgehead atoms. The second-order valence-electron chi connectivity index (χ2n) is 4.80. The summed E-state index contributed by atoms with van der Waals surface area (Å²) < 4.78 is 38.8. The summed E-state index contributed by atoms with van der Waals surface area (Å²) >= 11 is 0. The van der Waals surface area contributed by atoms with Gasteiger partial charge in [-0.1, -0.05) is 0 Å². The number of H-pyrrole nitrogens is 1. The number of hydrogen-bond donors (Lipinski definition) is 1. The summed E-state index contributed by atoms with van der Waals surface area (Å²) in [4.78, 5) is 15.8. The van der Waals surface area contributed by atoms with Gasteiger partial charge >= 0.3 is 11.9 Å². The zero-order chi connectivity index (χ0) is 15.9. The molecule has 1 aliphatic rings. The van der Waals surface area contributed by atoms with Crippen LogP contribution in [0.4, 0.5) is 24.7 Å². The van der Waals surface area contributed by atoms with Crippen molar-refractivity contribution in [3.05, 3.63) is 45.4 Å². The minimum atomic E-state index is -4.57. The average molecular weight is 313 g/mol. The lowest BCUT2D eigenvalue weighted by Gasteiger charge is -2.27. The van der Waals surface area contributed by atoms with Gasteiger partial charge in [-0.3, -0.25) is 15.2 Å². The molecule has 3 heterocycles. The lowest BCUT2D eigenvalue weighted by Crippen LogP contribution is -2.32. The number of nitrogens with one attached hydrogen (secondary N) is 1. The first-order valence-corrected chi connectivity index (χ1v) is 6.35. The Kier molecular flexibility index (Phi) is 3.23. The van der Waals surface area contributed by atoms with E-state index in [4.69, 9.17) is 0 Å². The third-order valence-electron chi connectivity index (χ3n) is 3.46. The van der Waals surface area contributed by atoms with E-state index in [0.29, 0.717) is 12.2 Å². The molecule has 10 heteroatoms. The van der Waals surface area contributed by atoms with Crippen molar-refractivity contribution < 1.29 is 18.1 Å². The van der Waals surface area contributed by atoms with Crippen LogP contribution in [0.2, 0.25) is 0 Å². The van der Waals surface area contributed by atoms with Gasteiger partial charge in [-0.05, 0) is 6.07 Å². The monoisotopic (exact) mass is 313 g/mol. The van der Waals surface area contributed by atoms with Crippen LogP contribution in [-0.4, -0.2) is 26.6 Å². The second kappa shape index (κ2) is 4.97. The van der Waals surface area contributed by atoms with Crippen LogP contribution in [0, 0.1) is 10.1 Å². The molecular weight excluding hydrogens is 303 g/mol. The van der Waals surface area contributed by atoms with Crippen LogP contribution in [0.25, 0.3) is 0 Å². The predicted octanol–water partition coefficient (Wildman–Crippen LogP) is 2.29. The highest BCUT2D eigenvalue weighted by Gasteiger charge is 2.40. The smallest absolute Gasteiger partial charge is 0.346 e. The van der Waals surface area contributed by atoms with Crippen LogP contribution in [0.5, 0.6) is 0 Å². The Labute approximate surface area is 121 Å². The molecule has 0 spiro atoms. The van der Waals surface area contributed by atoms with Gasteiger partial charge in [0.1, 0.15) is 0 Å². The van der Waals surface area contributed by atoms with Crippen molar-refractivity contribution in [3.8, 4) is 0 Å². The molecule has 116 valence electrons. The van der Waals surface area contributed by atoms with Gasteiger partial charge in [-0.2, -0.15) is 18.3 Å².